The Morgan fingerprint density at radius 2 is 2.06 bits per heavy atom. The predicted octanol–water partition coefficient (Wildman–Crippen LogP) is 2.18. The summed E-state index contributed by atoms with van der Waals surface area (Å²) in [6, 6.07) is 8.93. The monoisotopic (exact) mass is 432 g/mol. The zero-order chi connectivity index (χ0) is 21.7. The summed E-state index contributed by atoms with van der Waals surface area (Å²) in [5.41, 5.74) is 3.38. The first kappa shape index (κ1) is 19.1. The van der Waals surface area contributed by atoms with Crippen molar-refractivity contribution in [2.75, 3.05) is 13.1 Å². The number of pyridine rings is 1. The first-order valence-electron chi connectivity index (χ1n) is 10.5. The number of nitrogens with zero attached hydrogens (tertiary/aromatic N) is 7. The zero-order valence-electron chi connectivity index (χ0n) is 17.4. The SMILES string of the molecule is CC1(c2nnc3cc(-c4ccc(C5=NO[C@@H](Cn6ccnn6)C5)cc4F)ccn23)CNC1. The number of halogens is 1. The van der Waals surface area contributed by atoms with Gasteiger partial charge in [0, 0.05) is 43.0 Å². The number of oxime groups is 1. The molecule has 1 N–H and O–H groups in total. The summed E-state index contributed by atoms with van der Waals surface area (Å²) in [5.74, 6) is 0.609. The van der Waals surface area contributed by atoms with Crippen LogP contribution in [0.4, 0.5) is 4.39 Å². The molecule has 9 nitrogen and oxygen atoms in total. The quantitative estimate of drug-likeness (QED) is 0.520. The van der Waals surface area contributed by atoms with E-state index in [4.69, 9.17) is 4.84 Å². The Morgan fingerprint density at radius 3 is 2.81 bits per heavy atom. The third kappa shape index (κ3) is 3.14. The zero-order valence-corrected chi connectivity index (χ0v) is 17.4. The number of rotatable bonds is 5. The third-order valence-electron chi connectivity index (χ3n) is 6.19. The number of aromatic nitrogens is 6. The van der Waals surface area contributed by atoms with Crippen molar-refractivity contribution in [2.24, 2.45) is 5.16 Å². The number of hydrogen-bond acceptors (Lipinski definition) is 7. The fraction of sp³-hybridized carbons (Fsp3) is 0.318. The molecule has 32 heavy (non-hydrogen) atoms. The molecule has 0 bridgehead atoms. The van der Waals surface area contributed by atoms with E-state index >= 15 is 4.39 Å². The van der Waals surface area contributed by atoms with Gasteiger partial charge < -0.3 is 10.2 Å². The minimum absolute atomic E-state index is 0.0241. The van der Waals surface area contributed by atoms with E-state index in [1.807, 2.05) is 28.8 Å². The van der Waals surface area contributed by atoms with Gasteiger partial charge in [-0.15, -0.1) is 15.3 Å². The van der Waals surface area contributed by atoms with Crippen LogP contribution in [0.1, 0.15) is 24.7 Å². The Bertz CT molecular complexity index is 1330. The van der Waals surface area contributed by atoms with E-state index in [1.165, 1.54) is 6.07 Å². The van der Waals surface area contributed by atoms with Crippen molar-refractivity contribution in [3.63, 3.8) is 0 Å². The molecule has 2 aliphatic rings. The molecule has 10 heteroatoms. The molecule has 0 saturated carbocycles. The molecule has 0 aliphatic carbocycles. The molecule has 0 unspecified atom stereocenters. The van der Waals surface area contributed by atoms with Crippen LogP contribution < -0.4 is 5.32 Å². The van der Waals surface area contributed by atoms with Gasteiger partial charge in [-0.1, -0.05) is 22.5 Å². The molecule has 2 aliphatic heterocycles. The molecular weight excluding hydrogens is 411 g/mol. The normalized spacial score (nSPS) is 19.6. The summed E-state index contributed by atoms with van der Waals surface area (Å²) < 4.78 is 18.8. The second-order valence-corrected chi connectivity index (χ2v) is 8.62. The fourth-order valence-corrected chi connectivity index (χ4v) is 4.29. The summed E-state index contributed by atoms with van der Waals surface area (Å²) >= 11 is 0. The van der Waals surface area contributed by atoms with E-state index in [-0.39, 0.29) is 17.3 Å². The Balaban J connectivity index is 1.23. The Kier molecular flexibility index (Phi) is 4.29. The van der Waals surface area contributed by atoms with Crippen molar-refractivity contribution in [3.8, 4) is 11.1 Å². The Hall–Kier alpha value is -3.66. The average Bonchev–Trinajstić information content (AvgIpc) is 3.53. The fourth-order valence-electron chi connectivity index (χ4n) is 4.29. The molecule has 0 spiro atoms. The van der Waals surface area contributed by atoms with Crippen LogP contribution >= 0.6 is 0 Å². The van der Waals surface area contributed by atoms with Crippen LogP contribution in [0.2, 0.25) is 0 Å². The largest absolute Gasteiger partial charge is 0.390 e. The third-order valence-corrected chi connectivity index (χ3v) is 6.19. The highest BCUT2D eigenvalue weighted by atomic mass is 19.1. The molecule has 1 saturated heterocycles. The first-order chi connectivity index (χ1) is 15.6. The van der Waals surface area contributed by atoms with E-state index in [0.29, 0.717) is 29.7 Å². The number of benzene rings is 1. The van der Waals surface area contributed by atoms with Gasteiger partial charge in [0.25, 0.3) is 0 Å². The second-order valence-electron chi connectivity index (χ2n) is 8.62. The molecule has 3 aromatic heterocycles. The maximum Gasteiger partial charge on any atom is 0.161 e. The Labute approximate surface area is 182 Å². The molecule has 0 amide bonds. The average molecular weight is 432 g/mol. The van der Waals surface area contributed by atoms with Crippen LogP contribution in [0.15, 0.2) is 54.1 Å². The molecular formula is C22H21FN8O. The number of hydrogen-bond donors (Lipinski definition) is 1. The van der Waals surface area contributed by atoms with Gasteiger partial charge in [0.2, 0.25) is 0 Å². The summed E-state index contributed by atoms with van der Waals surface area (Å²) in [5, 5.41) is 23.9. The summed E-state index contributed by atoms with van der Waals surface area (Å²) in [4.78, 5) is 5.49. The number of nitrogens with one attached hydrogen (secondary N) is 1. The molecule has 1 aromatic carbocycles. The molecule has 4 aromatic rings. The second kappa shape index (κ2) is 7.20. The summed E-state index contributed by atoms with van der Waals surface area (Å²) in [6.07, 6.45) is 5.75. The Morgan fingerprint density at radius 1 is 1.16 bits per heavy atom. The lowest BCUT2D eigenvalue weighted by Crippen LogP contribution is -2.55. The van der Waals surface area contributed by atoms with Crippen LogP contribution in [0, 0.1) is 5.82 Å². The van der Waals surface area contributed by atoms with Crippen molar-refractivity contribution in [2.45, 2.75) is 31.4 Å². The minimum atomic E-state index is -0.316. The van der Waals surface area contributed by atoms with Gasteiger partial charge in [-0.2, -0.15) is 0 Å². The van der Waals surface area contributed by atoms with Crippen LogP contribution in [-0.2, 0) is 16.8 Å². The molecule has 0 radical (unpaired) electrons. The van der Waals surface area contributed by atoms with Crippen molar-refractivity contribution < 1.29 is 9.23 Å². The topological polar surface area (TPSA) is 94.5 Å². The standard InChI is InChI=1S/C22H21FN8O/c1-22(12-24-13-22)21-27-26-20-9-14(4-6-31(20)21)17-3-2-15(8-18(17)23)19-10-16(32-28-19)11-30-7-5-25-29-30/h2-9,16,24H,10-13H2,1H3/t16-/m1/s1. The van der Waals surface area contributed by atoms with E-state index in [2.05, 4.69) is 37.9 Å². The molecule has 5 heterocycles. The van der Waals surface area contributed by atoms with E-state index in [1.54, 1.807) is 23.1 Å². The van der Waals surface area contributed by atoms with Crippen molar-refractivity contribution in [1.29, 1.82) is 0 Å². The van der Waals surface area contributed by atoms with E-state index < -0.39 is 0 Å². The van der Waals surface area contributed by atoms with Gasteiger partial charge in [0.15, 0.2) is 11.8 Å². The smallest absolute Gasteiger partial charge is 0.161 e. The van der Waals surface area contributed by atoms with Gasteiger partial charge in [0.1, 0.15) is 11.6 Å². The van der Waals surface area contributed by atoms with Crippen LogP contribution in [-0.4, -0.2) is 54.5 Å². The highest BCUT2D eigenvalue weighted by Crippen LogP contribution is 2.30. The van der Waals surface area contributed by atoms with E-state index in [9.17, 15) is 0 Å². The lowest BCUT2D eigenvalue weighted by atomic mass is 9.83. The van der Waals surface area contributed by atoms with Gasteiger partial charge in [0.05, 0.1) is 23.9 Å². The molecule has 162 valence electrons. The maximum atomic E-state index is 15.1. The highest BCUT2D eigenvalue weighted by molar-refractivity contribution is 6.01. The van der Waals surface area contributed by atoms with Crippen LogP contribution in [0.3, 0.4) is 0 Å². The molecule has 1 fully saturated rings. The predicted molar refractivity (Wildman–Crippen MR) is 115 cm³/mol. The minimum Gasteiger partial charge on any atom is -0.390 e. The van der Waals surface area contributed by atoms with Gasteiger partial charge in [-0.3, -0.25) is 4.40 Å². The van der Waals surface area contributed by atoms with Crippen molar-refractivity contribution in [3.05, 3.63) is 66.1 Å². The van der Waals surface area contributed by atoms with Crippen LogP contribution in [0.25, 0.3) is 16.8 Å². The highest BCUT2D eigenvalue weighted by Gasteiger charge is 2.38. The van der Waals surface area contributed by atoms with Gasteiger partial charge in [-0.05, 0) is 30.7 Å². The number of fused-ring (bicyclic) bond motifs is 1. The molecule has 6 rings (SSSR count). The summed E-state index contributed by atoms with van der Waals surface area (Å²) in [6.45, 7) is 4.46. The lowest BCUT2D eigenvalue weighted by Gasteiger charge is -2.37. The first-order valence-corrected chi connectivity index (χ1v) is 10.5. The lowest BCUT2D eigenvalue weighted by molar-refractivity contribution is 0.0693. The van der Waals surface area contributed by atoms with Crippen molar-refractivity contribution >= 4 is 11.4 Å². The van der Waals surface area contributed by atoms with Crippen molar-refractivity contribution in [1.82, 2.24) is 34.9 Å². The van der Waals surface area contributed by atoms with Gasteiger partial charge >= 0.3 is 0 Å². The molecule has 1 atom stereocenters. The van der Waals surface area contributed by atoms with Crippen LogP contribution in [0.5, 0.6) is 0 Å². The summed E-state index contributed by atoms with van der Waals surface area (Å²) in [7, 11) is 0. The van der Waals surface area contributed by atoms with Gasteiger partial charge in [-0.25, -0.2) is 9.07 Å². The van der Waals surface area contributed by atoms with E-state index in [0.717, 1.165) is 30.2 Å². The maximum absolute atomic E-state index is 15.1.